The van der Waals surface area contributed by atoms with Crippen LogP contribution in [0.1, 0.15) is 0 Å². The molecule has 0 saturated heterocycles. The van der Waals surface area contributed by atoms with Gasteiger partial charge in [0.1, 0.15) is 0 Å². The zero-order valence-corrected chi connectivity index (χ0v) is 4.96. The molecule has 0 fully saturated rings. The van der Waals surface area contributed by atoms with Gasteiger partial charge in [-0.25, -0.2) is 9.59 Å². The number of rotatable bonds is 2. The standard InChI is InChI=1S/C3H6N4O3/c4-2(8)7-3(9)5-1-6-10/h1H2,(H4,4,5,7,8,9). The van der Waals surface area contributed by atoms with Gasteiger partial charge in [-0.2, -0.15) is 0 Å². The van der Waals surface area contributed by atoms with Crippen LogP contribution in [-0.4, -0.2) is 18.7 Å². The fraction of sp³-hybridized carbons (Fsp3) is 0.333. The van der Waals surface area contributed by atoms with E-state index in [0.717, 1.165) is 0 Å². The molecule has 10 heavy (non-hydrogen) atoms. The Bertz CT molecular complexity index is 156. The summed E-state index contributed by atoms with van der Waals surface area (Å²) in [5.74, 6) is 0. The Balaban J connectivity index is 3.43. The molecular formula is C3H6N4O3. The molecule has 0 aliphatic rings. The van der Waals surface area contributed by atoms with E-state index in [1.807, 2.05) is 5.32 Å². The van der Waals surface area contributed by atoms with E-state index in [9.17, 15) is 14.5 Å². The molecule has 0 atom stereocenters. The van der Waals surface area contributed by atoms with E-state index in [4.69, 9.17) is 0 Å². The molecule has 0 aromatic carbocycles. The highest BCUT2D eigenvalue weighted by molar-refractivity contribution is 5.92. The summed E-state index contributed by atoms with van der Waals surface area (Å²) in [5.41, 5.74) is 4.55. The Morgan fingerprint density at radius 2 is 2.10 bits per heavy atom. The van der Waals surface area contributed by atoms with Crippen molar-refractivity contribution < 1.29 is 9.59 Å². The molecule has 0 radical (unpaired) electrons. The van der Waals surface area contributed by atoms with Gasteiger partial charge in [0, 0.05) is 0 Å². The molecule has 0 aromatic heterocycles. The predicted octanol–water partition coefficient (Wildman–Crippen LogP) is -0.912. The van der Waals surface area contributed by atoms with Crippen LogP contribution in [0.3, 0.4) is 0 Å². The Labute approximate surface area is 55.9 Å². The zero-order valence-electron chi connectivity index (χ0n) is 4.96. The van der Waals surface area contributed by atoms with Gasteiger partial charge in [0.25, 0.3) is 0 Å². The van der Waals surface area contributed by atoms with Crippen molar-refractivity contribution in [3.63, 3.8) is 0 Å². The van der Waals surface area contributed by atoms with Gasteiger partial charge in [-0.05, 0) is 5.18 Å². The Kier molecular flexibility index (Phi) is 3.54. The van der Waals surface area contributed by atoms with Crippen molar-refractivity contribution in [3.8, 4) is 0 Å². The molecule has 0 aliphatic heterocycles. The average Bonchev–Trinajstić information content (AvgIpc) is 1.82. The lowest BCUT2D eigenvalue weighted by Crippen LogP contribution is -2.42. The lowest BCUT2D eigenvalue weighted by Gasteiger charge is -1.97. The Hall–Kier alpha value is -1.66. The quantitative estimate of drug-likeness (QED) is 0.438. The van der Waals surface area contributed by atoms with Gasteiger partial charge in [-0.1, -0.05) is 0 Å². The maximum atomic E-state index is 10.3. The third-order valence-corrected chi connectivity index (χ3v) is 0.541. The van der Waals surface area contributed by atoms with Crippen LogP contribution < -0.4 is 16.4 Å². The fourth-order valence-corrected chi connectivity index (χ4v) is 0.260. The van der Waals surface area contributed by atoms with Gasteiger partial charge in [0.05, 0.1) is 0 Å². The SMILES string of the molecule is NC(=O)NC(=O)NCN=O. The first kappa shape index (κ1) is 8.34. The van der Waals surface area contributed by atoms with Gasteiger partial charge in [0.15, 0.2) is 6.67 Å². The van der Waals surface area contributed by atoms with Crippen molar-refractivity contribution in [3.05, 3.63) is 4.91 Å². The van der Waals surface area contributed by atoms with Gasteiger partial charge >= 0.3 is 12.1 Å². The minimum absolute atomic E-state index is 0.390. The summed E-state index contributed by atoms with van der Waals surface area (Å²) in [7, 11) is 0. The lowest BCUT2D eigenvalue weighted by atomic mass is 10.9. The van der Waals surface area contributed by atoms with Crippen molar-refractivity contribution in [2.45, 2.75) is 0 Å². The van der Waals surface area contributed by atoms with E-state index in [0.29, 0.717) is 0 Å². The van der Waals surface area contributed by atoms with Gasteiger partial charge in [0.2, 0.25) is 0 Å². The summed E-state index contributed by atoms with van der Waals surface area (Å²) in [5, 5.41) is 5.91. The van der Waals surface area contributed by atoms with Crippen LogP contribution in [0.15, 0.2) is 5.18 Å². The Morgan fingerprint density at radius 1 is 1.50 bits per heavy atom. The van der Waals surface area contributed by atoms with E-state index < -0.39 is 12.1 Å². The Morgan fingerprint density at radius 3 is 2.50 bits per heavy atom. The number of amides is 4. The molecule has 4 N–H and O–H groups in total. The summed E-state index contributed by atoms with van der Waals surface area (Å²) in [6.45, 7) is -0.390. The van der Waals surface area contributed by atoms with Gasteiger partial charge < -0.3 is 11.1 Å². The highest BCUT2D eigenvalue weighted by Gasteiger charge is 1.99. The number of primary amides is 1. The van der Waals surface area contributed by atoms with Crippen molar-refractivity contribution >= 4 is 12.1 Å². The summed E-state index contributed by atoms with van der Waals surface area (Å²) in [6, 6.07) is -1.82. The second kappa shape index (κ2) is 4.24. The molecule has 0 heterocycles. The smallest absolute Gasteiger partial charge is 0.324 e. The third-order valence-electron chi connectivity index (χ3n) is 0.541. The number of nitrogens with one attached hydrogen (secondary N) is 2. The predicted molar refractivity (Wildman–Crippen MR) is 31.9 cm³/mol. The largest absolute Gasteiger partial charge is 0.351 e. The molecule has 0 rings (SSSR count). The first-order valence-electron chi connectivity index (χ1n) is 2.30. The highest BCUT2D eigenvalue weighted by atomic mass is 16.3. The summed E-state index contributed by atoms with van der Waals surface area (Å²) in [4.78, 5) is 29.6. The number of carbonyl (C=O) groups is 2. The molecular weight excluding hydrogens is 140 g/mol. The van der Waals surface area contributed by atoms with E-state index in [1.54, 1.807) is 5.32 Å². The number of hydrogen-bond donors (Lipinski definition) is 3. The second-order valence-electron chi connectivity index (χ2n) is 1.28. The number of hydrogen-bond acceptors (Lipinski definition) is 4. The minimum atomic E-state index is -0.983. The topological polar surface area (TPSA) is 114 Å². The van der Waals surface area contributed by atoms with Crippen molar-refractivity contribution in [1.29, 1.82) is 0 Å². The molecule has 0 aromatic rings. The van der Waals surface area contributed by atoms with Crippen LogP contribution in [0.4, 0.5) is 9.59 Å². The molecule has 4 amide bonds. The van der Waals surface area contributed by atoms with Crippen LogP contribution in [0.2, 0.25) is 0 Å². The van der Waals surface area contributed by atoms with E-state index in [2.05, 4.69) is 10.9 Å². The molecule has 7 nitrogen and oxygen atoms in total. The summed E-state index contributed by atoms with van der Waals surface area (Å²) >= 11 is 0. The van der Waals surface area contributed by atoms with Crippen molar-refractivity contribution in [1.82, 2.24) is 10.6 Å². The third kappa shape index (κ3) is 4.50. The van der Waals surface area contributed by atoms with E-state index in [-0.39, 0.29) is 6.67 Å². The zero-order chi connectivity index (χ0) is 7.98. The van der Waals surface area contributed by atoms with E-state index in [1.165, 1.54) is 0 Å². The molecule has 0 unspecified atom stereocenters. The number of nitrogens with two attached hydrogens (primary N) is 1. The summed E-state index contributed by atoms with van der Waals surface area (Å²) < 4.78 is 0. The fourth-order valence-electron chi connectivity index (χ4n) is 0.260. The van der Waals surface area contributed by atoms with Crippen LogP contribution in [0.5, 0.6) is 0 Å². The molecule has 0 saturated carbocycles. The normalized spacial score (nSPS) is 8.00. The summed E-state index contributed by atoms with van der Waals surface area (Å²) in [6.07, 6.45) is 0. The maximum Gasteiger partial charge on any atom is 0.324 e. The molecule has 0 bridgehead atoms. The number of urea groups is 2. The van der Waals surface area contributed by atoms with Crippen molar-refractivity contribution in [2.75, 3.05) is 6.67 Å². The van der Waals surface area contributed by atoms with Crippen LogP contribution >= 0.6 is 0 Å². The molecule has 56 valence electrons. The first-order valence-corrected chi connectivity index (χ1v) is 2.30. The van der Waals surface area contributed by atoms with Crippen LogP contribution in [-0.2, 0) is 0 Å². The first-order chi connectivity index (χ1) is 4.66. The number of nitrogens with zero attached hydrogens (tertiary/aromatic N) is 1. The van der Waals surface area contributed by atoms with Gasteiger partial charge in [-0.3, -0.25) is 5.32 Å². The lowest BCUT2D eigenvalue weighted by molar-refractivity contribution is 0.232. The molecule has 0 spiro atoms. The number of imide groups is 1. The molecule has 7 heteroatoms. The maximum absolute atomic E-state index is 10.3. The number of carbonyl (C=O) groups excluding carboxylic acids is 2. The van der Waals surface area contributed by atoms with Crippen molar-refractivity contribution in [2.24, 2.45) is 10.9 Å². The minimum Gasteiger partial charge on any atom is -0.351 e. The monoisotopic (exact) mass is 146 g/mol. The van der Waals surface area contributed by atoms with Crippen LogP contribution in [0, 0.1) is 4.91 Å². The average molecular weight is 146 g/mol. The molecule has 0 aliphatic carbocycles. The highest BCUT2D eigenvalue weighted by Crippen LogP contribution is 1.64. The van der Waals surface area contributed by atoms with Gasteiger partial charge in [-0.15, -0.1) is 4.91 Å². The number of nitroso groups, excluding NO2 is 1. The second-order valence-corrected chi connectivity index (χ2v) is 1.28. The van der Waals surface area contributed by atoms with E-state index >= 15 is 0 Å². The van der Waals surface area contributed by atoms with Crippen LogP contribution in [0.25, 0.3) is 0 Å².